The average molecular weight is 373 g/mol. The summed E-state index contributed by atoms with van der Waals surface area (Å²) in [5.41, 5.74) is 0.514. The Hall–Kier alpha value is -1.64. The monoisotopic (exact) mass is 372 g/mol. The molecule has 2 fully saturated rings. The summed E-state index contributed by atoms with van der Waals surface area (Å²) >= 11 is 6.02. The lowest BCUT2D eigenvalue weighted by Crippen LogP contribution is -2.48. The lowest BCUT2D eigenvalue weighted by molar-refractivity contribution is -0.127. The summed E-state index contributed by atoms with van der Waals surface area (Å²) in [6, 6.07) is 4.46. The van der Waals surface area contributed by atoms with Crippen molar-refractivity contribution in [1.82, 2.24) is 9.21 Å². The van der Waals surface area contributed by atoms with Crippen molar-refractivity contribution in [1.29, 1.82) is 0 Å². The molecule has 0 spiro atoms. The highest BCUT2D eigenvalue weighted by Gasteiger charge is 2.40. The van der Waals surface area contributed by atoms with Crippen LogP contribution in [0, 0.1) is 6.92 Å². The normalized spacial score (nSPS) is 20.5. The van der Waals surface area contributed by atoms with E-state index in [4.69, 9.17) is 16.3 Å². The molecule has 2 amide bonds. The second-order valence-electron chi connectivity index (χ2n) is 5.82. The highest BCUT2D eigenvalue weighted by Crippen LogP contribution is 2.29. The lowest BCUT2D eigenvalue weighted by atomic mass is 10.1. The van der Waals surface area contributed by atoms with Crippen LogP contribution in [-0.4, -0.2) is 55.4 Å². The second kappa shape index (κ2) is 6.34. The molecule has 0 saturated carbocycles. The summed E-state index contributed by atoms with van der Waals surface area (Å²) in [5.74, 6) is -0.369. The van der Waals surface area contributed by atoms with E-state index in [0.29, 0.717) is 23.4 Å². The molecule has 0 radical (unpaired) electrons. The van der Waals surface area contributed by atoms with Crippen molar-refractivity contribution in [2.75, 3.05) is 19.7 Å². The van der Waals surface area contributed by atoms with Crippen LogP contribution in [0.2, 0.25) is 5.02 Å². The average Bonchev–Trinajstić information content (AvgIpc) is 2.89. The summed E-state index contributed by atoms with van der Waals surface area (Å²) in [4.78, 5) is 24.6. The Kier molecular flexibility index (Phi) is 4.54. The molecule has 2 heterocycles. The lowest BCUT2D eigenvalue weighted by Gasteiger charge is -2.34. The van der Waals surface area contributed by atoms with Gasteiger partial charge in [-0.3, -0.25) is 4.79 Å². The van der Waals surface area contributed by atoms with Crippen LogP contribution in [-0.2, 0) is 19.6 Å². The number of amides is 2. The van der Waals surface area contributed by atoms with Gasteiger partial charge in [0.15, 0.2) is 6.61 Å². The Labute approximate surface area is 145 Å². The van der Waals surface area contributed by atoms with E-state index in [9.17, 15) is 18.0 Å². The summed E-state index contributed by atoms with van der Waals surface area (Å²) in [6.07, 6.45) is 0.131. The van der Waals surface area contributed by atoms with Crippen molar-refractivity contribution >= 4 is 33.6 Å². The highest BCUT2D eigenvalue weighted by atomic mass is 35.5. The Morgan fingerprint density at radius 2 is 1.88 bits per heavy atom. The molecular formula is C15H17ClN2O5S. The van der Waals surface area contributed by atoms with Gasteiger partial charge in [-0.1, -0.05) is 17.7 Å². The number of ether oxygens (including phenoxy) is 1. The number of benzene rings is 1. The number of sulfonamides is 1. The third-order valence-electron chi connectivity index (χ3n) is 4.41. The highest BCUT2D eigenvalue weighted by molar-refractivity contribution is 7.89. The number of cyclic esters (lactones) is 1. The third-order valence-corrected chi connectivity index (χ3v) is 6.86. The van der Waals surface area contributed by atoms with Crippen LogP contribution in [0.1, 0.15) is 18.4 Å². The van der Waals surface area contributed by atoms with Gasteiger partial charge < -0.3 is 4.74 Å². The van der Waals surface area contributed by atoms with Gasteiger partial charge in [0.25, 0.3) is 5.91 Å². The first-order valence-electron chi connectivity index (χ1n) is 7.56. The van der Waals surface area contributed by atoms with Gasteiger partial charge in [0.1, 0.15) is 0 Å². The number of halogens is 1. The Bertz CT molecular complexity index is 771. The van der Waals surface area contributed by atoms with Crippen molar-refractivity contribution in [3.05, 3.63) is 28.8 Å². The van der Waals surface area contributed by atoms with Crippen molar-refractivity contribution in [3.63, 3.8) is 0 Å². The molecule has 2 aliphatic heterocycles. The maximum Gasteiger partial charge on any atom is 0.417 e. The number of piperidine rings is 1. The van der Waals surface area contributed by atoms with Crippen LogP contribution in [0.4, 0.5) is 4.79 Å². The molecule has 1 aromatic carbocycles. The fraction of sp³-hybridized carbons (Fsp3) is 0.467. The molecule has 0 N–H and O–H groups in total. The predicted octanol–water partition coefficient (Wildman–Crippen LogP) is 1.78. The van der Waals surface area contributed by atoms with Crippen LogP contribution < -0.4 is 0 Å². The van der Waals surface area contributed by atoms with Crippen LogP contribution in [0.5, 0.6) is 0 Å². The third kappa shape index (κ3) is 2.89. The maximum absolute atomic E-state index is 12.8. The molecule has 7 nitrogen and oxygen atoms in total. The fourth-order valence-corrected chi connectivity index (χ4v) is 5.01. The number of imide groups is 1. The Balaban J connectivity index is 1.75. The van der Waals surface area contributed by atoms with Gasteiger partial charge in [-0.25, -0.2) is 18.1 Å². The van der Waals surface area contributed by atoms with Gasteiger partial charge in [-0.05, 0) is 37.5 Å². The molecule has 24 heavy (non-hydrogen) atoms. The van der Waals surface area contributed by atoms with E-state index in [-0.39, 0.29) is 36.5 Å². The first-order chi connectivity index (χ1) is 11.3. The number of hydrogen-bond acceptors (Lipinski definition) is 5. The SMILES string of the molecule is Cc1c(Cl)cccc1S(=O)(=O)N1CCC(N2C(=O)COC2=O)CC1. The molecule has 2 saturated heterocycles. The zero-order valence-corrected chi connectivity index (χ0v) is 14.6. The topological polar surface area (TPSA) is 84.0 Å². The van der Waals surface area contributed by atoms with Crippen LogP contribution in [0.25, 0.3) is 0 Å². The summed E-state index contributed by atoms with van der Waals surface area (Å²) in [6.45, 7) is 1.89. The Morgan fingerprint density at radius 1 is 1.21 bits per heavy atom. The van der Waals surface area contributed by atoms with Gasteiger partial charge in [0.05, 0.1) is 4.90 Å². The van der Waals surface area contributed by atoms with Crippen LogP contribution in [0.3, 0.4) is 0 Å². The minimum Gasteiger partial charge on any atom is -0.439 e. The first-order valence-corrected chi connectivity index (χ1v) is 9.38. The standard InChI is InChI=1S/C15H17ClN2O5S/c1-10-12(16)3-2-4-13(10)24(21,22)17-7-5-11(6-8-17)18-14(19)9-23-15(18)20/h2-4,11H,5-9H2,1H3. The Morgan fingerprint density at radius 3 is 2.46 bits per heavy atom. The van der Waals surface area contributed by atoms with Crippen molar-refractivity contribution in [3.8, 4) is 0 Å². The number of hydrogen-bond donors (Lipinski definition) is 0. The minimum atomic E-state index is -3.66. The summed E-state index contributed by atoms with van der Waals surface area (Å²) in [5, 5.41) is 0.399. The molecular weight excluding hydrogens is 356 g/mol. The zero-order chi connectivity index (χ0) is 17.5. The molecule has 0 aliphatic carbocycles. The van der Waals surface area contributed by atoms with Crippen LogP contribution >= 0.6 is 11.6 Å². The molecule has 0 atom stereocenters. The summed E-state index contributed by atoms with van der Waals surface area (Å²) < 4.78 is 31.7. The van der Waals surface area contributed by atoms with E-state index in [1.165, 1.54) is 10.4 Å². The molecule has 2 aliphatic rings. The van der Waals surface area contributed by atoms with Crippen LogP contribution in [0.15, 0.2) is 23.1 Å². The minimum absolute atomic E-state index is 0.185. The van der Waals surface area contributed by atoms with Gasteiger partial charge in [-0.2, -0.15) is 4.31 Å². The van der Waals surface area contributed by atoms with Gasteiger partial charge >= 0.3 is 6.09 Å². The van der Waals surface area contributed by atoms with Gasteiger partial charge in [-0.15, -0.1) is 0 Å². The number of rotatable bonds is 3. The predicted molar refractivity (Wildman–Crippen MR) is 86.2 cm³/mol. The summed E-state index contributed by atoms with van der Waals surface area (Å²) in [7, 11) is -3.66. The molecule has 1 aromatic rings. The fourth-order valence-electron chi connectivity index (χ4n) is 3.06. The number of nitrogens with zero attached hydrogens (tertiary/aromatic N) is 2. The zero-order valence-electron chi connectivity index (χ0n) is 13.1. The second-order valence-corrected chi connectivity index (χ2v) is 8.13. The van der Waals surface area contributed by atoms with Crippen molar-refractivity contribution in [2.45, 2.75) is 30.7 Å². The molecule has 0 bridgehead atoms. The van der Waals surface area contributed by atoms with Crippen molar-refractivity contribution < 1.29 is 22.7 Å². The first kappa shape index (κ1) is 17.2. The smallest absolute Gasteiger partial charge is 0.417 e. The largest absolute Gasteiger partial charge is 0.439 e. The van der Waals surface area contributed by atoms with E-state index >= 15 is 0 Å². The van der Waals surface area contributed by atoms with E-state index in [1.807, 2.05) is 0 Å². The van der Waals surface area contributed by atoms with Gasteiger partial charge in [0, 0.05) is 24.2 Å². The number of carbonyl (C=O) groups excluding carboxylic acids is 2. The molecule has 0 aromatic heterocycles. The van der Waals surface area contributed by atoms with E-state index in [1.54, 1.807) is 19.1 Å². The van der Waals surface area contributed by atoms with E-state index < -0.39 is 16.1 Å². The molecule has 130 valence electrons. The molecule has 3 rings (SSSR count). The molecule has 0 unspecified atom stereocenters. The maximum atomic E-state index is 12.8. The van der Waals surface area contributed by atoms with Crippen molar-refractivity contribution in [2.24, 2.45) is 0 Å². The quantitative estimate of drug-likeness (QED) is 0.807. The van der Waals surface area contributed by atoms with Gasteiger partial charge in [0.2, 0.25) is 10.0 Å². The van der Waals surface area contributed by atoms with E-state index in [0.717, 1.165) is 4.90 Å². The van der Waals surface area contributed by atoms with E-state index in [2.05, 4.69) is 0 Å². The number of carbonyl (C=O) groups is 2. The molecule has 9 heteroatoms.